The largest absolute Gasteiger partial charge is 0.298 e. The van der Waals surface area contributed by atoms with E-state index >= 15 is 0 Å². The van der Waals surface area contributed by atoms with Crippen molar-refractivity contribution < 1.29 is 9.59 Å². The summed E-state index contributed by atoms with van der Waals surface area (Å²) in [7, 11) is 0. The summed E-state index contributed by atoms with van der Waals surface area (Å²) in [6.07, 6.45) is 3.61. The van der Waals surface area contributed by atoms with Crippen LogP contribution >= 0.6 is 23.8 Å². The Hall–Kier alpha value is -1.72. The number of thiocarbonyl (C=S) groups is 1. The normalized spacial score (nSPS) is 18.6. The van der Waals surface area contributed by atoms with Crippen LogP contribution in [0.15, 0.2) is 35.9 Å². The van der Waals surface area contributed by atoms with Crippen LogP contribution in [0.5, 0.6) is 0 Å². The standard InChI is InChI=1S/C16H17ClN2O2S/c1-3-4-10(2)9-13-14(20)18-16(22)19(15(13)21)12-7-5-11(17)6-8-12/h5-10H,3-4H2,1-2H3,(H,18,20,22)/b13-9-. The quantitative estimate of drug-likeness (QED) is 0.520. The molecule has 22 heavy (non-hydrogen) atoms. The predicted octanol–water partition coefficient (Wildman–Crippen LogP) is 3.45. The van der Waals surface area contributed by atoms with Gasteiger partial charge in [-0.25, -0.2) is 0 Å². The highest BCUT2D eigenvalue weighted by Crippen LogP contribution is 2.23. The molecule has 1 heterocycles. The van der Waals surface area contributed by atoms with Crippen molar-refractivity contribution in [3.05, 3.63) is 40.9 Å². The van der Waals surface area contributed by atoms with Gasteiger partial charge in [-0.15, -0.1) is 0 Å². The number of nitrogens with one attached hydrogen (secondary N) is 1. The molecule has 6 heteroatoms. The lowest BCUT2D eigenvalue weighted by Crippen LogP contribution is -2.54. The number of anilines is 1. The van der Waals surface area contributed by atoms with Gasteiger partial charge in [-0.05, 0) is 48.8 Å². The smallest absolute Gasteiger partial charge is 0.269 e. The van der Waals surface area contributed by atoms with Gasteiger partial charge in [0.25, 0.3) is 11.8 Å². The third kappa shape index (κ3) is 3.54. The maximum atomic E-state index is 12.6. The van der Waals surface area contributed by atoms with Gasteiger partial charge >= 0.3 is 0 Å². The first-order valence-corrected chi connectivity index (χ1v) is 7.89. The molecule has 0 aromatic heterocycles. The molecule has 1 N–H and O–H groups in total. The number of amides is 2. The van der Waals surface area contributed by atoms with E-state index in [9.17, 15) is 9.59 Å². The Morgan fingerprint density at radius 1 is 1.32 bits per heavy atom. The first-order chi connectivity index (χ1) is 10.4. The molecule has 2 rings (SSSR count). The molecule has 1 aliphatic rings. The van der Waals surface area contributed by atoms with Gasteiger partial charge in [0.05, 0.1) is 5.69 Å². The number of hydrogen-bond donors (Lipinski definition) is 1. The predicted molar refractivity (Wildman–Crippen MR) is 91.8 cm³/mol. The summed E-state index contributed by atoms with van der Waals surface area (Å²) in [5, 5.41) is 3.21. The lowest BCUT2D eigenvalue weighted by molar-refractivity contribution is -0.122. The number of carbonyl (C=O) groups is 2. The molecule has 2 amide bonds. The minimum absolute atomic E-state index is 0.0811. The van der Waals surface area contributed by atoms with Crippen LogP contribution in [0.2, 0.25) is 5.02 Å². The van der Waals surface area contributed by atoms with Crippen LogP contribution in [0.4, 0.5) is 5.69 Å². The summed E-state index contributed by atoms with van der Waals surface area (Å²) in [4.78, 5) is 26.0. The van der Waals surface area contributed by atoms with Crippen molar-refractivity contribution in [2.75, 3.05) is 4.90 Å². The van der Waals surface area contributed by atoms with E-state index in [1.807, 2.05) is 6.92 Å². The summed E-state index contributed by atoms with van der Waals surface area (Å²) in [6, 6.07) is 6.73. The highest BCUT2D eigenvalue weighted by atomic mass is 35.5. The van der Waals surface area contributed by atoms with Crippen LogP contribution in [0.25, 0.3) is 0 Å². The first kappa shape index (κ1) is 16.6. The molecule has 1 fully saturated rings. The third-order valence-corrected chi connectivity index (χ3v) is 3.92. The zero-order valence-electron chi connectivity index (χ0n) is 12.4. The molecule has 0 bridgehead atoms. The minimum atomic E-state index is -0.442. The van der Waals surface area contributed by atoms with E-state index in [0.29, 0.717) is 10.7 Å². The van der Waals surface area contributed by atoms with Gasteiger partial charge in [0, 0.05) is 5.02 Å². The molecular formula is C16H17ClN2O2S. The fourth-order valence-corrected chi connectivity index (χ4v) is 2.73. The van der Waals surface area contributed by atoms with E-state index in [0.717, 1.165) is 12.8 Å². The van der Waals surface area contributed by atoms with Gasteiger partial charge < -0.3 is 0 Å². The van der Waals surface area contributed by atoms with Gasteiger partial charge in [0.1, 0.15) is 5.57 Å². The van der Waals surface area contributed by atoms with E-state index in [-0.39, 0.29) is 16.6 Å². The highest BCUT2D eigenvalue weighted by Gasteiger charge is 2.34. The Bertz CT molecular complexity index is 640. The van der Waals surface area contributed by atoms with Crippen LogP contribution in [0.1, 0.15) is 26.7 Å². The van der Waals surface area contributed by atoms with Gasteiger partial charge in [0.2, 0.25) is 0 Å². The van der Waals surface area contributed by atoms with Gasteiger partial charge in [-0.3, -0.25) is 19.8 Å². The molecule has 1 aliphatic heterocycles. The van der Waals surface area contributed by atoms with Crippen LogP contribution in [-0.4, -0.2) is 16.9 Å². The molecule has 116 valence electrons. The number of carbonyl (C=O) groups excluding carboxylic acids is 2. The summed E-state index contributed by atoms with van der Waals surface area (Å²) in [6.45, 7) is 4.05. The zero-order chi connectivity index (χ0) is 16.3. The lowest BCUT2D eigenvalue weighted by Gasteiger charge is -2.29. The SMILES string of the molecule is CCCC(C)/C=C1/C(=O)NC(=S)N(c2ccc(Cl)cc2)C1=O. The van der Waals surface area contributed by atoms with Crippen LogP contribution in [-0.2, 0) is 9.59 Å². The summed E-state index contributed by atoms with van der Waals surface area (Å²) in [5.41, 5.74) is 0.706. The lowest BCUT2D eigenvalue weighted by atomic mass is 10.0. The molecule has 0 saturated carbocycles. The molecule has 4 nitrogen and oxygen atoms in total. The molecular weight excluding hydrogens is 320 g/mol. The minimum Gasteiger partial charge on any atom is -0.298 e. The third-order valence-electron chi connectivity index (χ3n) is 3.38. The zero-order valence-corrected chi connectivity index (χ0v) is 14.0. The number of halogens is 1. The molecule has 0 spiro atoms. The fraction of sp³-hybridized carbons (Fsp3) is 0.312. The Morgan fingerprint density at radius 2 is 1.95 bits per heavy atom. The number of benzene rings is 1. The average molecular weight is 337 g/mol. The summed E-state index contributed by atoms with van der Waals surface area (Å²) < 4.78 is 0. The van der Waals surface area contributed by atoms with Crippen molar-refractivity contribution in [3.8, 4) is 0 Å². The second-order valence-electron chi connectivity index (χ2n) is 5.22. The van der Waals surface area contributed by atoms with E-state index in [1.54, 1.807) is 30.3 Å². The van der Waals surface area contributed by atoms with Gasteiger partial charge in [-0.1, -0.05) is 37.9 Å². The second-order valence-corrected chi connectivity index (χ2v) is 6.05. The topological polar surface area (TPSA) is 49.4 Å². The molecule has 1 atom stereocenters. The van der Waals surface area contributed by atoms with Crippen molar-refractivity contribution in [2.24, 2.45) is 5.92 Å². The average Bonchev–Trinajstić information content (AvgIpc) is 2.45. The maximum absolute atomic E-state index is 12.6. The molecule has 1 saturated heterocycles. The van der Waals surface area contributed by atoms with Crippen molar-refractivity contribution in [2.45, 2.75) is 26.7 Å². The number of allylic oxidation sites excluding steroid dienone is 1. The van der Waals surface area contributed by atoms with Gasteiger partial charge in [0.15, 0.2) is 5.11 Å². The number of nitrogens with zero attached hydrogens (tertiary/aromatic N) is 1. The number of hydrogen-bond acceptors (Lipinski definition) is 3. The summed E-state index contributed by atoms with van der Waals surface area (Å²) in [5.74, 6) is -0.698. The number of rotatable bonds is 4. The van der Waals surface area contributed by atoms with Crippen LogP contribution < -0.4 is 10.2 Å². The molecule has 1 aromatic carbocycles. The maximum Gasteiger partial charge on any atom is 0.269 e. The molecule has 1 unspecified atom stereocenters. The Kier molecular flexibility index (Phi) is 5.32. The van der Waals surface area contributed by atoms with Crippen molar-refractivity contribution >= 4 is 46.4 Å². The van der Waals surface area contributed by atoms with E-state index in [1.165, 1.54) is 4.90 Å². The highest BCUT2D eigenvalue weighted by molar-refractivity contribution is 7.80. The van der Waals surface area contributed by atoms with E-state index < -0.39 is 11.8 Å². The van der Waals surface area contributed by atoms with E-state index in [4.69, 9.17) is 23.8 Å². The van der Waals surface area contributed by atoms with E-state index in [2.05, 4.69) is 12.2 Å². The molecule has 1 aromatic rings. The Balaban J connectivity index is 2.35. The van der Waals surface area contributed by atoms with Crippen molar-refractivity contribution in [1.82, 2.24) is 5.32 Å². The molecule has 0 aliphatic carbocycles. The van der Waals surface area contributed by atoms with Crippen LogP contribution in [0.3, 0.4) is 0 Å². The van der Waals surface area contributed by atoms with Crippen molar-refractivity contribution in [3.63, 3.8) is 0 Å². The molecule has 0 radical (unpaired) electrons. The van der Waals surface area contributed by atoms with Crippen LogP contribution in [0, 0.1) is 5.92 Å². The Labute approximate surface area is 140 Å². The second kappa shape index (κ2) is 7.03. The van der Waals surface area contributed by atoms with Crippen molar-refractivity contribution in [1.29, 1.82) is 0 Å². The Morgan fingerprint density at radius 3 is 2.55 bits per heavy atom. The first-order valence-electron chi connectivity index (χ1n) is 7.11. The summed E-state index contributed by atoms with van der Waals surface area (Å²) >= 11 is 11.0. The fourth-order valence-electron chi connectivity index (χ4n) is 2.32. The monoisotopic (exact) mass is 336 g/mol. The van der Waals surface area contributed by atoms with Gasteiger partial charge in [-0.2, -0.15) is 0 Å².